The first-order valence-electron chi connectivity index (χ1n) is 6.75. The summed E-state index contributed by atoms with van der Waals surface area (Å²) in [5.74, 6) is -1.31. The summed E-state index contributed by atoms with van der Waals surface area (Å²) in [4.78, 5) is 24.7. The molecule has 0 saturated carbocycles. The molecule has 0 aliphatic carbocycles. The van der Waals surface area contributed by atoms with Gasteiger partial charge in [-0.1, -0.05) is 29.8 Å². The molecule has 1 heterocycles. The Morgan fingerprint density at radius 1 is 1.17 bits per heavy atom. The molecular weight excluding hydrogens is 318 g/mol. The normalized spacial score (nSPS) is 10.7. The van der Waals surface area contributed by atoms with E-state index in [4.69, 9.17) is 11.6 Å². The average Bonchev–Trinajstić information content (AvgIpc) is 2.55. The lowest BCUT2D eigenvalue weighted by atomic mass is 10.1. The van der Waals surface area contributed by atoms with Gasteiger partial charge in [0, 0.05) is 16.1 Å². The molecule has 0 bridgehead atoms. The van der Waals surface area contributed by atoms with Gasteiger partial charge in [-0.05, 0) is 30.3 Å². The second-order valence-electron chi connectivity index (χ2n) is 4.85. The van der Waals surface area contributed by atoms with Crippen molar-refractivity contribution in [3.63, 3.8) is 0 Å². The number of carbonyl (C=O) groups excluding carboxylic acids is 1. The molecule has 0 unspecified atom stereocenters. The maximum atomic E-state index is 12.8. The van der Waals surface area contributed by atoms with Crippen molar-refractivity contribution >= 4 is 28.5 Å². The molecule has 0 radical (unpaired) electrons. The second kappa shape index (κ2) is 5.78. The van der Waals surface area contributed by atoms with Gasteiger partial charge in [0.25, 0.3) is 5.56 Å². The fourth-order valence-corrected chi connectivity index (χ4v) is 2.63. The maximum absolute atomic E-state index is 12.8. The number of methoxy groups -OCH3 is 1. The van der Waals surface area contributed by atoms with Crippen molar-refractivity contribution in [2.75, 3.05) is 7.11 Å². The third kappa shape index (κ3) is 2.45. The van der Waals surface area contributed by atoms with Crippen molar-refractivity contribution in [2.24, 2.45) is 0 Å². The highest BCUT2D eigenvalue weighted by molar-refractivity contribution is 6.31. The third-order valence-corrected chi connectivity index (χ3v) is 3.75. The smallest absolute Gasteiger partial charge is 0.347 e. The van der Waals surface area contributed by atoms with Crippen LogP contribution in [0.15, 0.2) is 53.3 Å². The van der Waals surface area contributed by atoms with E-state index in [9.17, 15) is 14.7 Å². The first-order chi connectivity index (χ1) is 11.0. The monoisotopic (exact) mass is 329 g/mol. The average molecular weight is 330 g/mol. The van der Waals surface area contributed by atoms with Crippen LogP contribution in [0.1, 0.15) is 10.4 Å². The summed E-state index contributed by atoms with van der Waals surface area (Å²) >= 11 is 6.02. The highest BCUT2D eigenvalue weighted by Crippen LogP contribution is 2.30. The summed E-state index contributed by atoms with van der Waals surface area (Å²) in [5.41, 5.74) is -0.129. The SMILES string of the molecule is COC(=O)c1c(O)c2ccc(Cl)cc2n(-c2ccccc2)c1=O. The van der Waals surface area contributed by atoms with E-state index in [0.29, 0.717) is 21.6 Å². The maximum Gasteiger partial charge on any atom is 0.347 e. The van der Waals surface area contributed by atoms with Gasteiger partial charge in [0.1, 0.15) is 5.75 Å². The summed E-state index contributed by atoms with van der Waals surface area (Å²) in [6, 6.07) is 13.5. The number of nitrogens with zero attached hydrogens (tertiary/aromatic N) is 1. The number of carbonyl (C=O) groups is 1. The molecule has 3 rings (SSSR count). The molecule has 5 nitrogen and oxygen atoms in total. The van der Waals surface area contributed by atoms with Crippen LogP contribution in [-0.4, -0.2) is 22.8 Å². The summed E-state index contributed by atoms with van der Waals surface area (Å²) in [5, 5.41) is 11.1. The number of rotatable bonds is 2. The van der Waals surface area contributed by atoms with Gasteiger partial charge in [-0.25, -0.2) is 4.79 Å². The van der Waals surface area contributed by atoms with Crippen molar-refractivity contribution in [3.8, 4) is 11.4 Å². The summed E-state index contributed by atoms with van der Waals surface area (Å²) < 4.78 is 5.95. The van der Waals surface area contributed by atoms with Crippen LogP contribution in [0, 0.1) is 0 Å². The number of halogens is 1. The van der Waals surface area contributed by atoms with E-state index in [1.54, 1.807) is 42.5 Å². The summed E-state index contributed by atoms with van der Waals surface area (Å²) in [6.07, 6.45) is 0. The lowest BCUT2D eigenvalue weighted by Gasteiger charge is -2.14. The molecule has 6 heteroatoms. The standard InChI is InChI=1S/C17H12ClNO4/c1-23-17(22)14-15(20)12-8-7-10(18)9-13(12)19(16(14)21)11-5-3-2-4-6-11/h2-9,20H,1H3. The Labute approximate surface area is 136 Å². The number of hydrogen-bond donors (Lipinski definition) is 1. The van der Waals surface area contributed by atoms with Gasteiger partial charge >= 0.3 is 5.97 Å². The minimum Gasteiger partial charge on any atom is -0.506 e. The van der Waals surface area contributed by atoms with Crippen LogP contribution in [0.4, 0.5) is 0 Å². The number of ether oxygens (including phenoxy) is 1. The van der Waals surface area contributed by atoms with E-state index in [1.165, 1.54) is 4.57 Å². The van der Waals surface area contributed by atoms with E-state index in [0.717, 1.165) is 7.11 Å². The molecule has 0 fully saturated rings. The van der Waals surface area contributed by atoms with E-state index in [2.05, 4.69) is 4.74 Å². The number of para-hydroxylation sites is 1. The van der Waals surface area contributed by atoms with Crippen molar-refractivity contribution in [1.29, 1.82) is 0 Å². The number of benzene rings is 2. The van der Waals surface area contributed by atoms with E-state index in [1.807, 2.05) is 6.07 Å². The molecule has 0 spiro atoms. The Bertz CT molecular complexity index is 964. The predicted molar refractivity (Wildman–Crippen MR) is 87.6 cm³/mol. The Kier molecular flexibility index (Phi) is 3.80. The highest BCUT2D eigenvalue weighted by Gasteiger charge is 2.23. The van der Waals surface area contributed by atoms with E-state index < -0.39 is 22.8 Å². The highest BCUT2D eigenvalue weighted by atomic mass is 35.5. The van der Waals surface area contributed by atoms with Gasteiger partial charge in [-0.15, -0.1) is 0 Å². The topological polar surface area (TPSA) is 68.5 Å². The number of esters is 1. The van der Waals surface area contributed by atoms with Crippen molar-refractivity contribution < 1.29 is 14.6 Å². The van der Waals surface area contributed by atoms with E-state index in [-0.39, 0.29) is 0 Å². The molecule has 3 aromatic rings. The number of hydrogen-bond acceptors (Lipinski definition) is 4. The van der Waals surface area contributed by atoms with Crippen molar-refractivity contribution in [1.82, 2.24) is 4.57 Å². The Balaban J connectivity index is 2.53. The minimum absolute atomic E-state index is 0.332. The van der Waals surface area contributed by atoms with Crippen LogP contribution in [0.25, 0.3) is 16.6 Å². The lowest BCUT2D eigenvalue weighted by Crippen LogP contribution is -2.26. The number of aromatic nitrogens is 1. The molecule has 0 saturated heterocycles. The zero-order chi connectivity index (χ0) is 16.6. The quantitative estimate of drug-likeness (QED) is 0.733. The molecule has 1 N–H and O–H groups in total. The van der Waals surface area contributed by atoms with Gasteiger partial charge in [-0.3, -0.25) is 9.36 Å². The zero-order valence-corrected chi connectivity index (χ0v) is 12.9. The molecule has 2 aromatic carbocycles. The Hall–Kier alpha value is -2.79. The fraction of sp³-hybridized carbons (Fsp3) is 0.0588. The first-order valence-corrected chi connectivity index (χ1v) is 7.13. The van der Waals surface area contributed by atoms with E-state index >= 15 is 0 Å². The zero-order valence-electron chi connectivity index (χ0n) is 12.1. The van der Waals surface area contributed by atoms with Crippen LogP contribution in [0.3, 0.4) is 0 Å². The van der Waals surface area contributed by atoms with Crippen LogP contribution in [0.2, 0.25) is 5.02 Å². The molecule has 23 heavy (non-hydrogen) atoms. The molecule has 0 aliphatic rings. The molecule has 0 amide bonds. The first kappa shape index (κ1) is 15.1. The van der Waals surface area contributed by atoms with Gasteiger partial charge in [-0.2, -0.15) is 0 Å². The van der Waals surface area contributed by atoms with Crippen LogP contribution < -0.4 is 5.56 Å². The van der Waals surface area contributed by atoms with Gasteiger partial charge in [0.15, 0.2) is 5.56 Å². The number of fused-ring (bicyclic) bond motifs is 1. The molecule has 0 atom stereocenters. The van der Waals surface area contributed by atoms with Gasteiger partial charge < -0.3 is 9.84 Å². The Morgan fingerprint density at radius 2 is 1.87 bits per heavy atom. The molecule has 0 aliphatic heterocycles. The van der Waals surface area contributed by atoms with Crippen molar-refractivity contribution in [2.45, 2.75) is 0 Å². The lowest BCUT2D eigenvalue weighted by molar-refractivity contribution is 0.0595. The fourth-order valence-electron chi connectivity index (χ4n) is 2.47. The predicted octanol–water partition coefficient (Wildman–Crippen LogP) is 3.14. The largest absolute Gasteiger partial charge is 0.506 e. The molecule has 1 aromatic heterocycles. The second-order valence-corrected chi connectivity index (χ2v) is 5.29. The third-order valence-electron chi connectivity index (χ3n) is 3.51. The minimum atomic E-state index is -0.894. The number of pyridine rings is 1. The van der Waals surface area contributed by atoms with Crippen LogP contribution >= 0.6 is 11.6 Å². The van der Waals surface area contributed by atoms with Gasteiger partial charge in [0.2, 0.25) is 0 Å². The van der Waals surface area contributed by atoms with Crippen molar-refractivity contribution in [3.05, 3.63) is 69.5 Å². The Morgan fingerprint density at radius 3 is 2.52 bits per heavy atom. The van der Waals surface area contributed by atoms with Crippen LogP contribution in [-0.2, 0) is 4.74 Å². The number of aromatic hydroxyl groups is 1. The van der Waals surface area contributed by atoms with Gasteiger partial charge in [0.05, 0.1) is 12.6 Å². The molecular formula is C17H12ClNO4. The summed E-state index contributed by atoms with van der Waals surface area (Å²) in [6.45, 7) is 0. The summed E-state index contributed by atoms with van der Waals surface area (Å²) in [7, 11) is 1.15. The van der Waals surface area contributed by atoms with Crippen LogP contribution in [0.5, 0.6) is 5.75 Å². The molecule has 116 valence electrons.